The van der Waals surface area contributed by atoms with Crippen molar-refractivity contribution in [2.45, 2.75) is 16.4 Å². The quantitative estimate of drug-likeness (QED) is 0.614. The van der Waals surface area contributed by atoms with E-state index >= 15 is 0 Å². The molecule has 1 N–H and O–H groups in total. The Hall–Kier alpha value is -3.32. The number of rotatable bonds is 7. The SMILES string of the molecule is O=C(COc1ccc(S(=O)(=O)c2ccc(O)cc2)cc1)OCc1ccccc1. The van der Waals surface area contributed by atoms with Crippen molar-refractivity contribution in [1.29, 1.82) is 0 Å². The monoisotopic (exact) mass is 398 g/mol. The van der Waals surface area contributed by atoms with Gasteiger partial charge in [-0.3, -0.25) is 0 Å². The van der Waals surface area contributed by atoms with Crippen LogP contribution in [-0.2, 0) is 26.0 Å². The maximum atomic E-state index is 12.5. The summed E-state index contributed by atoms with van der Waals surface area (Å²) in [5.41, 5.74) is 0.875. The average molecular weight is 398 g/mol. The Labute approximate surface area is 162 Å². The predicted molar refractivity (Wildman–Crippen MR) is 102 cm³/mol. The van der Waals surface area contributed by atoms with Gasteiger partial charge in [-0.1, -0.05) is 30.3 Å². The van der Waals surface area contributed by atoms with Crippen molar-refractivity contribution in [2.75, 3.05) is 6.61 Å². The first kappa shape index (κ1) is 19.4. The second kappa shape index (κ2) is 8.58. The first-order valence-electron chi connectivity index (χ1n) is 8.42. The lowest BCUT2D eigenvalue weighted by atomic mass is 10.2. The van der Waals surface area contributed by atoms with Crippen LogP contribution in [0.1, 0.15) is 5.56 Å². The second-order valence-electron chi connectivity index (χ2n) is 5.90. The van der Waals surface area contributed by atoms with Crippen molar-refractivity contribution in [2.24, 2.45) is 0 Å². The standard InChI is InChI=1S/C21H18O6S/c22-17-6-10-19(11-7-17)28(24,25)20-12-8-18(9-13-20)26-15-21(23)27-14-16-4-2-1-3-5-16/h1-13,22H,14-15H2. The van der Waals surface area contributed by atoms with Gasteiger partial charge in [-0.2, -0.15) is 0 Å². The van der Waals surface area contributed by atoms with Gasteiger partial charge in [-0.05, 0) is 54.1 Å². The molecule has 3 aromatic carbocycles. The highest BCUT2D eigenvalue weighted by molar-refractivity contribution is 7.91. The number of hydrogen-bond donors (Lipinski definition) is 1. The first-order valence-corrected chi connectivity index (χ1v) is 9.90. The van der Waals surface area contributed by atoms with Gasteiger partial charge < -0.3 is 14.6 Å². The molecule has 0 amide bonds. The molecule has 0 saturated heterocycles. The van der Waals surface area contributed by atoms with E-state index in [0.29, 0.717) is 5.75 Å². The normalized spacial score (nSPS) is 11.0. The summed E-state index contributed by atoms with van der Waals surface area (Å²) in [4.78, 5) is 11.9. The summed E-state index contributed by atoms with van der Waals surface area (Å²) in [5, 5.41) is 9.29. The fourth-order valence-corrected chi connectivity index (χ4v) is 3.66. The van der Waals surface area contributed by atoms with E-state index in [4.69, 9.17) is 9.47 Å². The second-order valence-corrected chi connectivity index (χ2v) is 7.85. The number of carbonyl (C=O) groups is 1. The van der Waals surface area contributed by atoms with Crippen LogP contribution in [0.2, 0.25) is 0 Å². The summed E-state index contributed by atoms with van der Waals surface area (Å²) >= 11 is 0. The molecule has 0 aliphatic rings. The maximum Gasteiger partial charge on any atom is 0.344 e. The molecule has 3 aromatic rings. The molecule has 0 aromatic heterocycles. The molecule has 6 nitrogen and oxygen atoms in total. The summed E-state index contributed by atoms with van der Waals surface area (Å²) in [6.45, 7) is -0.121. The van der Waals surface area contributed by atoms with Crippen LogP contribution in [0.15, 0.2) is 88.7 Å². The van der Waals surface area contributed by atoms with Crippen molar-refractivity contribution in [3.8, 4) is 11.5 Å². The molecule has 0 unspecified atom stereocenters. The van der Waals surface area contributed by atoms with Crippen molar-refractivity contribution in [3.63, 3.8) is 0 Å². The Morgan fingerprint density at radius 1 is 0.821 bits per heavy atom. The van der Waals surface area contributed by atoms with E-state index in [2.05, 4.69) is 0 Å². The van der Waals surface area contributed by atoms with Crippen LogP contribution < -0.4 is 4.74 Å². The smallest absolute Gasteiger partial charge is 0.344 e. The molecule has 0 atom stereocenters. The zero-order chi connectivity index (χ0) is 20.0. The number of sulfone groups is 1. The molecule has 0 bridgehead atoms. The van der Waals surface area contributed by atoms with Crippen molar-refractivity contribution in [3.05, 3.63) is 84.4 Å². The van der Waals surface area contributed by atoms with Gasteiger partial charge in [0.15, 0.2) is 6.61 Å². The molecule has 0 fully saturated rings. The Balaban J connectivity index is 1.57. The number of ether oxygens (including phenoxy) is 2. The largest absolute Gasteiger partial charge is 0.508 e. The van der Waals surface area contributed by atoms with Crippen molar-refractivity contribution < 1.29 is 27.8 Å². The summed E-state index contributed by atoms with van der Waals surface area (Å²) in [7, 11) is -3.70. The fourth-order valence-electron chi connectivity index (χ4n) is 2.40. The van der Waals surface area contributed by atoms with E-state index in [-0.39, 0.29) is 28.8 Å². The molecular weight excluding hydrogens is 380 g/mol. The summed E-state index contributed by atoms with van der Waals surface area (Å²) in [5.74, 6) is -0.187. The van der Waals surface area contributed by atoms with Gasteiger partial charge in [-0.15, -0.1) is 0 Å². The van der Waals surface area contributed by atoms with Crippen LogP contribution in [0.5, 0.6) is 11.5 Å². The Morgan fingerprint density at radius 3 is 2.00 bits per heavy atom. The van der Waals surface area contributed by atoms with E-state index in [9.17, 15) is 18.3 Å². The zero-order valence-electron chi connectivity index (χ0n) is 14.8. The molecule has 7 heteroatoms. The first-order chi connectivity index (χ1) is 13.4. The van der Waals surface area contributed by atoms with Gasteiger partial charge in [0.05, 0.1) is 9.79 Å². The molecule has 0 aliphatic heterocycles. The van der Waals surface area contributed by atoms with Crippen LogP contribution >= 0.6 is 0 Å². The summed E-state index contributed by atoms with van der Waals surface area (Å²) in [6.07, 6.45) is 0. The third-order valence-corrected chi connectivity index (χ3v) is 5.67. The number of aromatic hydroxyl groups is 1. The van der Waals surface area contributed by atoms with Gasteiger partial charge in [-0.25, -0.2) is 13.2 Å². The minimum Gasteiger partial charge on any atom is -0.508 e. The van der Waals surface area contributed by atoms with E-state index in [1.54, 1.807) is 0 Å². The lowest BCUT2D eigenvalue weighted by molar-refractivity contribution is -0.147. The molecule has 0 radical (unpaired) electrons. The lowest BCUT2D eigenvalue weighted by Crippen LogP contribution is -2.14. The Kier molecular flexibility index (Phi) is 5.96. The number of benzene rings is 3. The predicted octanol–water partition coefficient (Wildman–Crippen LogP) is 3.35. The van der Waals surface area contributed by atoms with Crippen LogP contribution in [0.4, 0.5) is 0 Å². The van der Waals surface area contributed by atoms with Crippen LogP contribution in [0, 0.1) is 0 Å². The van der Waals surface area contributed by atoms with E-state index in [1.807, 2.05) is 30.3 Å². The highest BCUT2D eigenvalue weighted by Crippen LogP contribution is 2.24. The van der Waals surface area contributed by atoms with E-state index in [1.165, 1.54) is 48.5 Å². The number of phenolic OH excluding ortho intramolecular Hbond substituents is 1. The number of carbonyl (C=O) groups excluding carboxylic acids is 1. The average Bonchev–Trinajstić information content (AvgIpc) is 2.72. The molecule has 0 spiro atoms. The minimum absolute atomic E-state index is 0.0122. The Morgan fingerprint density at radius 2 is 1.39 bits per heavy atom. The van der Waals surface area contributed by atoms with Gasteiger partial charge in [0.2, 0.25) is 9.84 Å². The Bertz CT molecular complexity index is 1030. The highest BCUT2D eigenvalue weighted by Gasteiger charge is 2.17. The van der Waals surface area contributed by atoms with Gasteiger partial charge in [0, 0.05) is 0 Å². The fraction of sp³-hybridized carbons (Fsp3) is 0.0952. The lowest BCUT2D eigenvalue weighted by Gasteiger charge is -2.09. The van der Waals surface area contributed by atoms with E-state index in [0.717, 1.165) is 5.56 Å². The van der Waals surface area contributed by atoms with Gasteiger partial charge in [0.25, 0.3) is 0 Å². The number of phenols is 1. The van der Waals surface area contributed by atoms with Crippen molar-refractivity contribution >= 4 is 15.8 Å². The number of esters is 1. The third-order valence-electron chi connectivity index (χ3n) is 3.88. The summed E-state index contributed by atoms with van der Waals surface area (Å²) in [6, 6.07) is 20.3. The summed E-state index contributed by atoms with van der Waals surface area (Å²) < 4.78 is 35.5. The van der Waals surface area contributed by atoms with Gasteiger partial charge in [0.1, 0.15) is 18.1 Å². The molecule has 0 heterocycles. The minimum atomic E-state index is -3.70. The molecule has 28 heavy (non-hydrogen) atoms. The molecule has 144 valence electrons. The van der Waals surface area contributed by atoms with Crippen LogP contribution in [0.25, 0.3) is 0 Å². The molecule has 0 saturated carbocycles. The van der Waals surface area contributed by atoms with Crippen LogP contribution in [0.3, 0.4) is 0 Å². The third kappa shape index (κ3) is 4.89. The molecule has 0 aliphatic carbocycles. The topological polar surface area (TPSA) is 89.9 Å². The molecular formula is C21H18O6S. The maximum absolute atomic E-state index is 12.5. The zero-order valence-corrected chi connectivity index (χ0v) is 15.6. The highest BCUT2D eigenvalue weighted by atomic mass is 32.2. The number of hydrogen-bond acceptors (Lipinski definition) is 6. The molecule has 3 rings (SSSR count). The van der Waals surface area contributed by atoms with Crippen LogP contribution in [-0.4, -0.2) is 26.1 Å². The van der Waals surface area contributed by atoms with E-state index < -0.39 is 15.8 Å². The van der Waals surface area contributed by atoms with Crippen molar-refractivity contribution in [1.82, 2.24) is 0 Å². The van der Waals surface area contributed by atoms with Gasteiger partial charge >= 0.3 is 5.97 Å².